The average molecular weight is 304 g/mol. The molecule has 0 spiro atoms. The summed E-state index contributed by atoms with van der Waals surface area (Å²) in [6, 6.07) is 7.01. The van der Waals surface area contributed by atoms with E-state index in [1.54, 1.807) is 6.07 Å². The van der Waals surface area contributed by atoms with Crippen LogP contribution in [0.4, 0.5) is 30.4 Å². The van der Waals surface area contributed by atoms with E-state index >= 15 is 0 Å². The number of nitrogen functional groups attached to an aromatic ring is 1. The Morgan fingerprint density at radius 2 is 1.95 bits per heavy atom. The molecular weight excluding hydrogens is 295 g/mol. The van der Waals surface area contributed by atoms with Gasteiger partial charge in [-0.1, -0.05) is 23.7 Å². The van der Waals surface area contributed by atoms with Crippen LogP contribution >= 0.6 is 11.6 Å². The van der Waals surface area contributed by atoms with Crippen molar-refractivity contribution in [1.29, 1.82) is 0 Å². The molecule has 2 aromatic rings. The molecule has 8 heteroatoms. The lowest BCUT2D eigenvalue weighted by Crippen LogP contribution is -2.18. The van der Waals surface area contributed by atoms with Crippen LogP contribution in [0.25, 0.3) is 0 Å². The highest BCUT2D eigenvalue weighted by Crippen LogP contribution is 2.33. The Balaban J connectivity index is 2.29. The molecule has 1 heterocycles. The summed E-state index contributed by atoms with van der Waals surface area (Å²) in [7, 11) is 0. The van der Waals surface area contributed by atoms with Crippen molar-refractivity contribution in [2.75, 3.05) is 11.1 Å². The molecule has 0 fully saturated rings. The highest BCUT2D eigenvalue weighted by molar-refractivity contribution is 6.30. The summed E-state index contributed by atoms with van der Waals surface area (Å²) in [6.45, 7) is 0. The molecule has 1 aromatic carbocycles. The fourth-order valence-corrected chi connectivity index (χ4v) is 1.64. The van der Waals surface area contributed by atoms with E-state index in [0.717, 1.165) is 0 Å². The summed E-state index contributed by atoms with van der Waals surface area (Å²) in [5.41, 5.74) is 5.97. The van der Waals surface area contributed by atoms with Gasteiger partial charge in [-0.05, 0) is 18.2 Å². The first kappa shape index (κ1) is 14.3. The van der Waals surface area contributed by atoms with Gasteiger partial charge in [-0.3, -0.25) is 0 Å². The lowest BCUT2D eigenvalue weighted by molar-refractivity contribution is -0.274. The summed E-state index contributed by atoms with van der Waals surface area (Å²) >= 11 is 5.69. The van der Waals surface area contributed by atoms with E-state index in [-0.39, 0.29) is 22.9 Å². The SMILES string of the molecule is Nc1cc(Cl)cnc1Nc1ccccc1OC(F)(F)F. The number of halogens is 4. The van der Waals surface area contributed by atoms with Gasteiger partial charge < -0.3 is 15.8 Å². The fourth-order valence-electron chi connectivity index (χ4n) is 1.47. The smallest absolute Gasteiger partial charge is 0.404 e. The zero-order chi connectivity index (χ0) is 14.8. The summed E-state index contributed by atoms with van der Waals surface area (Å²) in [6.07, 6.45) is -3.45. The Morgan fingerprint density at radius 3 is 2.60 bits per heavy atom. The van der Waals surface area contributed by atoms with Crippen molar-refractivity contribution in [2.24, 2.45) is 0 Å². The predicted octanol–water partition coefficient (Wildman–Crippen LogP) is 3.96. The van der Waals surface area contributed by atoms with Crippen molar-refractivity contribution in [3.8, 4) is 5.75 Å². The summed E-state index contributed by atoms with van der Waals surface area (Å²) in [4.78, 5) is 3.91. The van der Waals surface area contributed by atoms with Gasteiger partial charge in [0.25, 0.3) is 0 Å². The molecule has 0 radical (unpaired) electrons. The van der Waals surface area contributed by atoms with E-state index in [1.165, 1.54) is 30.5 Å². The molecule has 20 heavy (non-hydrogen) atoms. The Morgan fingerprint density at radius 1 is 1.25 bits per heavy atom. The minimum atomic E-state index is -4.78. The quantitative estimate of drug-likeness (QED) is 0.901. The van der Waals surface area contributed by atoms with Gasteiger partial charge in [-0.25, -0.2) is 4.98 Å². The van der Waals surface area contributed by atoms with Gasteiger partial charge in [-0.2, -0.15) is 0 Å². The Labute approximate surface area is 117 Å². The summed E-state index contributed by atoms with van der Waals surface area (Å²) in [5.74, 6) is -0.191. The first-order valence-electron chi connectivity index (χ1n) is 5.38. The molecule has 0 saturated heterocycles. The number of benzene rings is 1. The first-order valence-corrected chi connectivity index (χ1v) is 5.76. The van der Waals surface area contributed by atoms with Gasteiger partial charge >= 0.3 is 6.36 Å². The second-order valence-corrected chi connectivity index (χ2v) is 4.20. The van der Waals surface area contributed by atoms with E-state index in [2.05, 4.69) is 15.0 Å². The normalized spacial score (nSPS) is 11.2. The van der Waals surface area contributed by atoms with E-state index in [4.69, 9.17) is 17.3 Å². The second kappa shape index (κ2) is 5.46. The maximum absolute atomic E-state index is 12.3. The number of anilines is 3. The Hall–Kier alpha value is -2.15. The van der Waals surface area contributed by atoms with Gasteiger partial charge in [0, 0.05) is 6.20 Å². The minimum Gasteiger partial charge on any atom is -0.404 e. The zero-order valence-corrected chi connectivity index (χ0v) is 10.7. The van der Waals surface area contributed by atoms with E-state index in [1.807, 2.05) is 0 Å². The number of hydrogen-bond donors (Lipinski definition) is 2. The molecule has 4 nitrogen and oxygen atoms in total. The first-order chi connectivity index (χ1) is 9.35. The average Bonchev–Trinajstić information content (AvgIpc) is 2.33. The van der Waals surface area contributed by atoms with Crippen molar-refractivity contribution in [3.05, 3.63) is 41.6 Å². The number of nitrogens with zero attached hydrogens (tertiary/aromatic N) is 1. The van der Waals surface area contributed by atoms with Crippen LogP contribution in [0.3, 0.4) is 0 Å². The number of alkyl halides is 3. The topological polar surface area (TPSA) is 60.2 Å². The molecule has 0 unspecified atom stereocenters. The predicted molar refractivity (Wildman–Crippen MR) is 70.1 cm³/mol. The lowest BCUT2D eigenvalue weighted by Gasteiger charge is -2.14. The number of nitrogens with two attached hydrogens (primary N) is 1. The van der Waals surface area contributed by atoms with E-state index in [9.17, 15) is 13.2 Å². The van der Waals surface area contributed by atoms with Crippen LogP contribution in [0.5, 0.6) is 5.75 Å². The molecule has 0 aliphatic carbocycles. The molecule has 1 aromatic heterocycles. The van der Waals surface area contributed by atoms with Crippen LogP contribution in [0.2, 0.25) is 5.02 Å². The third kappa shape index (κ3) is 3.67. The molecule has 0 amide bonds. The fraction of sp³-hybridized carbons (Fsp3) is 0.0833. The summed E-state index contributed by atoms with van der Waals surface area (Å²) in [5, 5.41) is 3.00. The molecule has 0 aliphatic heterocycles. The van der Waals surface area contributed by atoms with Crippen LogP contribution in [0, 0.1) is 0 Å². The third-order valence-electron chi connectivity index (χ3n) is 2.25. The van der Waals surface area contributed by atoms with Crippen molar-refractivity contribution < 1.29 is 17.9 Å². The molecule has 106 valence electrons. The van der Waals surface area contributed by atoms with Crippen LogP contribution in [-0.2, 0) is 0 Å². The lowest BCUT2D eigenvalue weighted by atomic mass is 10.3. The number of rotatable bonds is 3. The molecule has 0 atom stereocenters. The number of para-hydroxylation sites is 2. The van der Waals surface area contributed by atoms with Crippen molar-refractivity contribution in [1.82, 2.24) is 4.98 Å². The maximum Gasteiger partial charge on any atom is 0.573 e. The van der Waals surface area contributed by atoms with Gasteiger partial charge in [0.05, 0.1) is 16.4 Å². The van der Waals surface area contributed by atoms with Crippen molar-refractivity contribution in [2.45, 2.75) is 6.36 Å². The number of nitrogens with one attached hydrogen (secondary N) is 1. The maximum atomic E-state index is 12.3. The Bertz CT molecular complexity index is 619. The van der Waals surface area contributed by atoms with Gasteiger partial charge in [0.2, 0.25) is 0 Å². The molecular formula is C12H9ClF3N3O. The molecule has 0 aliphatic rings. The third-order valence-corrected chi connectivity index (χ3v) is 2.46. The molecule has 2 rings (SSSR count). The molecule has 3 N–H and O–H groups in total. The number of ether oxygens (including phenoxy) is 1. The van der Waals surface area contributed by atoms with Crippen LogP contribution < -0.4 is 15.8 Å². The zero-order valence-electron chi connectivity index (χ0n) is 9.91. The molecule has 0 saturated carbocycles. The standard InChI is InChI=1S/C12H9ClF3N3O/c13-7-5-8(17)11(18-6-7)19-9-3-1-2-4-10(9)20-12(14,15)16/h1-6H,17H2,(H,18,19). The van der Waals surface area contributed by atoms with Gasteiger partial charge in [0.15, 0.2) is 11.6 Å². The van der Waals surface area contributed by atoms with Crippen LogP contribution in [0.1, 0.15) is 0 Å². The Kier molecular flexibility index (Phi) is 3.89. The second-order valence-electron chi connectivity index (χ2n) is 3.76. The number of hydrogen-bond acceptors (Lipinski definition) is 4. The van der Waals surface area contributed by atoms with Crippen LogP contribution in [0.15, 0.2) is 36.5 Å². The van der Waals surface area contributed by atoms with Gasteiger partial charge in [-0.15, -0.1) is 13.2 Å². The molecule has 0 bridgehead atoms. The number of pyridine rings is 1. The largest absolute Gasteiger partial charge is 0.573 e. The summed E-state index contributed by atoms with van der Waals surface area (Å²) < 4.78 is 40.8. The van der Waals surface area contributed by atoms with Gasteiger partial charge in [0.1, 0.15) is 0 Å². The monoisotopic (exact) mass is 303 g/mol. The van der Waals surface area contributed by atoms with E-state index in [0.29, 0.717) is 5.02 Å². The minimum absolute atomic E-state index is 0.0892. The highest BCUT2D eigenvalue weighted by Gasteiger charge is 2.32. The van der Waals surface area contributed by atoms with Crippen LogP contribution in [-0.4, -0.2) is 11.3 Å². The van der Waals surface area contributed by atoms with E-state index < -0.39 is 6.36 Å². The van der Waals surface area contributed by atoms with Crippen molar-refractivity contribution >= 4 is 28.8 Å². The van der Waals surface area contributed by atoms with Crippen molar-refractivity contribution in [3.63, 3.8) is 0 Å². The number of aromatic nitrogens is 1. The highest BCUT2D eigenvalue weighted by atomic mass is 35.5.